The summed E-state index contributed by atoms with van der Waals surface area (Å²) in [6.45, 7) is 5.50. The molecule has 1 aliphatic heterocycles. The number of hydrogen-bond donors (Lipinski definition) is 2. The first-order valence-electron chi connectivity index (χ1n) is 9.58. The zero-order chi connectivity index (χ0) is 17.2. The number of nitrogens with zero attached hydrogens (tertiary/aromatic N) is 1. The van der Waals surface area contributed by atoms with E-state index >= 15 is 0 Å². The normalized spacial score (nSPS) is 22.8. The fourth-order valence-electron chi connectivity index (χ4n) is 4.77. The number of benzene rings is 2. The number of halogens is 2. The molecule has 1 fully saturated rings. The van der Waals surface area contributed by atoms with Gasteiger partial charge in [-0.15, -0.1) is 24.8 Å². The van der Waals surface area contributed by atoms with Crippen LogP contribution in [0.1, 0.15) is 36.8 Å². The Morgan fingerprint density at radius 2 is 1.81 bits per heavy atom. The van der Waals surface area contributed by atoms with Gasteiger partial charge < -0.3 is 15.3 Å². The van der Waals surface area contributed by atoms with E-state index in [2.05, 4.69) is 53.5 Å². The van der Waals surface area contributed by atoms with E-state index in [1.54, 1.807) is 23.3 Å². The Morgan fingerprint density at radius 3 is 2.59 bits per heavy atom. The van der Waals surface area contributed by atoms with Crippen LogP contribution in [0.2, 0.25) is 0 Å². The molecule has 3 unspecified atom stereocenters. The quantitative estimate of drug-likeness (QED) is 0.767. The molecule has 4 rings (SSSR count). The van der Waals surface area contributed by atoms with Crippen LogP contribution in [0, 0.1) is 5.92 Å². The summed E-state index contributed by atoms with van der Waals surface area (Å²) in [5.41, 5.74) is 4.34. The van der Waals surface area contributed by atoms with E-state index < -0.39 is 0 Å². The predicted molar refractivity (Wildman–Crippen MR) is 118 cm³/mol. The molecule has 2 aromatic carbocycles. The van der Waals surface area contributed by atoms with E-state index in [1.165, 1.54) is 24.9 Å². The molecule has 0 radical (unpaired) electrons. The minimum atomic E-state index is 0. The van der Waals surface area contributed by atoms with Crippen LogP contribution in [0.3, 0.4) is 0 Å². The minimum absolute atomic E-state index is 0. The van der Waals surface area contributed by atoms with Crippen molar-refractivity contribution in [1.29, 1.82) is 0 Å². The smallest absolute Gasteiger partial charge is 0.115 e. The first-order valence-corrected chi connectivity index (χ1v) is 9.58. The standard InChI is InChI=1S/C22H28N2O.2ClH/c1-16(20-8-4-6-17-5-2-3-7-21(17)20)22-15-23-13-14-24(22)18-9-11-19(25)12-10-18;;/h2-3,5,7,9-12,16,20,22-23,25H,4,6,8,13-15H2,1H3;2*1H. The molecule has 5 heteroatoms. The fraction of sp³-hybridized carbons (Fsp3) is 0.455. The van der Waals surface area contributed by atoms with Crippen molar-refractivity contribution >= 4 is 30.5 Å². The second-order valence-corrected chi connectivity index (χ2v) is 7.54. The van der Waals surface area contributed by atoms with E-state index in [-0.39, 0.29) is 24.8 Å². The SMILES string of the molecule is CC(C1CCCc2ccccc21)C1CNCCN1c1ccc(O)cc1.Cl.Cl. The van der Waals surface area contributed by atoms with Gasteiger partial charge in [-0.05, 0) is 66.5 Å². The van der Waals surface area contributed by atoms with Crippen LogP contribution < -0.4 is 10.2 Å². The van der Waals surface area contributed by atoms with E-state index in [0.29, 0.717) is 23.6 Å². The van der Waals surface area contributed by atoms with E-state index in [0.717, 1.165) is 19.6 Å². The summed E-state index contributed by atoms with van der Waals surface area (Å²) >= 11 is 0. The lowest BCUT2D eigenvalue weighted by molar-refractivity contribution is 0.304. The van der Waals surface area contributed by atoms with Crippen LogP contribution in [0.25, 0.3) is 0 Å². The van der Waals surface area contributed by atoms with Crippen LogP contribution in [-0.2, 0) is 6.42 Å². The largest absolute Gasteiger partial charge is 0.508 e. The molecule has 3 atom stereocenters. The van der Waals surface area contributed by atoms with Crippen LogP contribution >= 0.6 is 24.8 Å². The Bertz CT molecular complexity index is 723. The summed E-state index contributed by atoms with van der Waals surface area (Å²) in [6.07, 6.45) is 3.81. The molecule has 27 heavy (non-hydrogen) atoms. The summed E-state index contributed by atoms with van der Waals surface area (Å²) in [7, 11) is 0. The van der Waals surface area contributed by atoms with E-state index in [9.17, 15) is 5.11 Å². The Labute approximate surface area is 175 Å². The molecule has 2 N–H and O–H groups in total. The molecule has 0 aromatic heterocycles. The number of phenols is 1. The first kappa shape index (κ1) is 21.9. The average Bonchev–Trinajstić information content (AvgIpc) is 2.68. The van der Waals surface area contributed by atoms with Gasteiger partial charge in [-0.1, -0.05) is 31.2 Å². The predicted octanol–water partition coefficient (Wildman–Crippen LogP) is 4.77. The van der Waals surface area contributed by atoms with Crippen molar-refractivity contribution in [3.8, 4) is 5.75 Å². The molecular formula is C22H30Cl2N2O. The molecule has 148 valence electrons. The first-order chi connectivity index (χ1) is 12.2. The van der Waals surface area contributed by atoms with Gasteiger partial charge in [0.05, 0.1) is 0 Å². The second-order valence-electron chi connectivity index (χ2n) is 7.54. The topological polar surface area (TPSA) is 35.5 Å². The summed E-state index contributed by atoms with van der Waals surface area (Å²) in [5, 5.41) is 13.2. The third kappa shape index (κ3) is 4.53. The number of hydrogen-bond acceptors (Lipinski definition) is 3. The lowest BCUT2D eigenvalue weighted by Crippen LogP contribution is -2.55. The van der Waals surface area contributed by atoms with E-state index in [4.69, 9.17) is 0 Å². The lowest BCUT2D eigenvalue weighted by atomic mass is 9.73. The highest BCUT2D eigenvalue weighted by atomic mass is 35.5. The van der Waals surface area contributed by atoms with Gasteiger partial charge in [0.25, 0.3) is 0 Å². The van der Waals surface area contributed by atoms with Crippen LogP contribution in [-0.4, -0.2) is 30.8 Å². The van der Waals surface area contributed by atoms with Gasteiger partial charge in [0.2, 0.25) is 0 Å². The van der Waals surface area contributed by atoms with Gasteiger partial charge in [0, 0.05) is 31.4 Å². The van der Waals surface area contributed by atoms with Crippen molar-refractivity contribution in [3.05, 3.63) is 59.7 Å². The monoisotopic (exact) mass is 408 g/mol. The third-order valence-corrected chi connectivity index (χ3v) is 6.12. The van der Waals surface area contributed by atoms with Crippen LogP contribution in [0.4, 0.5) is 5.69 Å². The van der Waals surface area contributed by atoms with Crippen molar-refractivity contribution in [3.63, 3.8) is 0 Å². The molecule has 0 saturated carbocycles. The maximum absolute atomic E-state index is 9.61. The summed E-state index contributed by atoms with van der Waals surface area (Å²) in [6, 6.07) is 17.2. The zero-order valence-electron chi connectivity index (χ0n) is 15.8. The van der Waals surface area contributed by atoms with Gasteiger partial charge in [-0.3, -0.25) is 0 Å². The van der Waals surface area contributed by atoms with Gasteiger partial charge in [0.1, 0.15) is 5.75 Å². The van der Waals surface area contributed by atoms with Gasteiger partial charge in [0.15, 0.2) is 0 Å². The molecule has 0 spiro atoms. The van der Waals surface area contributed by atoms with Crippen molar-refractivity contribution in [2.24, 2.45) is 5.92 Å². The van der Waals surface area contributed by atoms with Crippen molar-refractivity contribution in [2.75, 3.05) is 24.5 Å². The average molecular weight is 409 g/mol. The van der Waals surface area contributed by atoms with Crippen molar-refractivity contribution in [2.45, 2.75) is 38.1 Å². The minimum Gasteiger partial charge on any atom is -0.508 e. The second kappa shape index (κ2) is 9.68. The molecule has 1 aliphatic carbocycles. The molecule has 3 nitrogen and oxygen atoms in total. The van der Waals surface area contributed by atoms with Crippen molar-refractivity contribution in [1.82, 2.24) is 5.32 Å². The zero-order valence-corrected chi connectivity index (χ0v) is 17.4. The molecule has 2 aliphatic rings. The Hall–Kier alpha value is -1.42. The molecular weight excluding hydrogens is 379 g/mol. The Balaban J connectivity index is 0.00000131. The highest BCUT2D eigenvalue weighted by Crippen LogP contribution is 2.40. The molecule has 1 saturated heterocycles. The van der Waals surface area contributed by atoms with Gasteiger partial charge >= 0.3 is 0 Å². The van der Waals surface area contributed by atoms with E-state index in [1.807, 2.05) is 0 Å². The fourth-order valence-corrected chi connectivity index (χ4v) is 4.77. The Kier molecular flexibility index (Phi) is 7.84. The number of fused-ring (bicyclic) bond motifs is 1. The number of rotatable bonds is 3. The highest BCUT2D eigenvalue weighted by molar-refractivity contribution is 5.85. The summed E-state index contributed by atoms with van der Waals surface area (Å²) in [5.74, 6) is 1.56. The number of nitrogens with one attached hydrogen (secondary N) is 1. The number of aryl methyl sites for hydroxylation is 1. The molecule has 2 aromatic rings. The molecule has 1 heterocycles. The summed E-state index contributed by atoms with van der Waals surface area (Å²) in [4.78, 5) is 2.54. The van der Waals surface area contributed by atoms with Crippen LogP contribution in [0.5, 0.6) is 5.75 Å². The lowest BCUT2D eigenvalue weighted by Gasteiger charge is -2.44. The van der Waals surface area contributed by atoms with Gasteiger partial charge in [-0.25, -0.2) is 0 Å². The molecule has 0 bridgehead atoms. The maximum Gasteiger partial charge on any atom is 0.115 e. The number of aromatic hydroxyl groups is 1. The van der Waals surface area contributed by atoms with Crippen molar-refractivity contribution < 1.29 is 5.11 Å². The maximum atomic E-state index is 9.61. The van der Waals surface area contributed by atoms with Crippen LogP contribution in [0.15, 0.2) is 48.5 Å². The summed E-state index contributed by atoms with van der Waals surface area (Å²) < 4.78 is 0. The number of piperazine rings is 1. The van der Waals surface area contributed by atoms with Gasteiger partial charge in [-0.2, -0.15) is 0 Å². The number of phenolic OH excluding ortho intramolecular Hbond substituents is 1. The number of anilines is 1. The molecule has 0 amide bonds. The third-order valence-electron chi connectivity index (χ3n) is 6.12. The Morgan fingerprint density at radius 1 is 1.07 bits per heavy atom. The highest BCUT2D eigenvalue weighted by Gasteiger charge is 2.34.